The number of benzene rings is 2. The first-order valence-corrected chi connectivity index (χ1v) is 12.2. The molecule has 2 atom stereocenters. The largest absolute Gasteiger partial charge is 0.354 e. The van der Waals surface area contributed by atoms with E-state index < -0.39 is 11.9 Å². The van der Waals surface area contributed by atoms with Crippen LogP contribution in [0.4, 0.5) is 4.39 Å². The average molecular weight is 457 g/mol. The molecule has 0 aromatic heterocycles. The zero-order valence-corrected chi connectivity index (χ0v) is 20.3. The van der Waals surface area contributed by atoms with Crippen molar-refractivity contribution in [2.45, 2.75) is 57.9 Å². The van der Waals surface area contributed by atoms with Gasteiger partial charge < -0.3 is 10.2 Å². The molecule has 3 rings (SSSR count). The number of nitrogens with zero attached hydrogens (tertiary/aromatic N) is 1. The minimum absolute atomic E-state index is 0.0316. The highest BCUT2D eigenvalue weighted by molar-refractivity contribution is 7.99. The summed E-state index contributed by atoms with van der Waals surface area (Å²) in [5.74, 6) is 0.215. The Hall–Kier alpha value is -2.34. The quantitative estimate of drug-likeness (QED) is 0.621. The van der Waals surface area contributed by atoms with E-state index in [0.29, 0.717) is 23.8 Å². The smallest absolute Gasteiger partial charge is 0.255 e. The molecule has 1 N–H and O–H groups in total. The minimum Gasteiger partial charge on any atom is -0.354 e. The van der Waals surface area contributed by atoms with Crippen LogP contribution in [-0.2, 0) is 10.2 Å². The van der Waals surface area contributed by atoms with Gasteiger partial charge in [-0.05, 0) is 53.1 Å². The fourth-order valence-electron chi connectivity index (χ4n) is 3.70. The maximum Gasteiger partial charge on any atom is 0.255 e. The van der Waals surface area contributed by atoms with Crippen molar-refractivity contribution in [3.05, 3.63) is 71.0 Å². The van der Waals surface area contributed by atoms with Crippen LogP contribution in [0.1, 0.15) is 67.9 Å². The van der Waals surface area contributed by atoms with Crippen LogP contribution in [0.3, 0.4) is 0 Å². The Bertz CT molecular complexity index is 936. The minimum atomic E-state index is -0.572. The molecule has 4 nitrogen and oxygen atoms in total. The molecule has 2 aromatic carbocycles. The third-order valence-corrected chi connectivity index (χ3v) is 7.03. The van der Waals surface area contributed by atoms with Gasteiger partial charge in [-0.1, -0.05) is 58.9 Å². The van der Waals surface area contributed by atoms with Crippen molar-refractivity contribution >= 4 is 23.6 Å². The van der Waals surface area contributed by atoms with Gasteiger partial charge in [-0.25, -0.2) is 4.39 Å². The second-order valence-electron chi connectivity index (χ2n) is 9.77. The Kier molecular flexibility index (Phi) is 7.65. The van der Waals surface area contributed by atoms with Crippen molar-refractivity contribution in [1.82, 2.24) is 10.2 Å². The SMILES string of the molecule is CC(C)CCNC(=O)C1CSC(c2ccc(C(C)(C)C)cc2)N1C(=O)c1ccc(F)cc1. The summed E-state index contributed by atoms with van der Waals surface area (Å²) >= 11 is 1.59. The van der Waals surface area contributed by atoms with E-state index in [1.165, 1.54) is 29.8 Å². The summed E-state index contributed by atoms with van der Waals surface area (Å²) in [4.78, 5) is 28.1. The van der Waals surface area contributed by atoms with Gasteiger partial charge in [0.2, 0.25) is 5.91 Å². The van der Waals surface area contributed by atoms with Crippen LogP contribution in [0.5, 0.6) is 0 Å². The monoisotopic (exact) mass is 456 g/mol. The molecule has 32 heavy (non-hydrogen) atoms. The van der Waals surface area contributed by atoms with E-state index >= 15 is 0 Å². The van der Waals surface area contributed by atoms with Crippen LogP contribution in [0.15, 0.2) is 48.5 Å². The molecule has 0 aliphatic carbocycles. The Morgan fingerprint density at radius 3 is 2.28 bits per heavy atom. The molecule has 1 saturated heterocycles. The van der Waals surface area contributed by atoms with Crippen molar-refractivity contribution in [3.63, 3.8) is 0 Å². The molecule has 0 spiro atoms. The number of rotatable bonds is 6. The van der Waals surface area contributed by atoms with Crippen LogP contribution >= 0.6 is 11.8 Å². The summed E-state index contributed by atoms with van der Waals surface area (Å²) in [5.41, 5.74) is 2.61. The van der Waals surface area contributed by atoms with Crippen LogP contribution in [-0.4, -0.2) is 35.1 Å². The second-order valence-corrected chi connectivity index (χ2v) is 10.9. The van der Waals surface area contributed by atoms with Gasteiger partial charge in [0.15, 0.2) is 0 Å². The van der Waals surface area contributed by atoms with E-state index in [-0.39, 0.29) is 22.6 Å². The summed E-state index contributed by atoms with van der Waals surface area (Å²) in [6, 6.07) is 13.2. The molecule has 1 heterocycles. The van der Waals surface area contributed by atoms with Gasteiger partial charge in [0.1, 0.15) is 17.2 Å². The average Bonchev–Trinajstić information content (AvgIpc) is 3.18. The number of hydrogen-bond acceptors (Lipinski definition) is 3. The van der Waals surface area contributed by atoms with Crippen molar-refractivity contribution in [2.24, 2.45) is 5.92 Å². The molecule has 1 aliphatic heterocycles. The maximum atomic E-state index is 13.5. The third kappa shape index (κ3) is 5.71. The van der Waals surface area contributed by atoms with Crippen LogP contribution in [0, 0.1) is 11.7 Å². The fraction of sp³-hybridized carbons (Fsp3) is 0.462. The molecule has 172 valence electrons. The molecular weight excluding hydrogens is 423 g/mol. The van der Waals surface area contributed by atoms with Gasteiger partial charge in [0.05, 0.1) is 0 Å². The van der Waals surface area contributed by atoms with E-state index in [2.05, 4.69) is 52.1 Å². The highest BCUT2D eigenvalue weighted by Crippen LogP contribution is 2.42. The standard InChI is InChI=1S/C26H33FN2O2S/c1-17(2)14-15-28-23(30)22-16-32-25(19-6-10-20(11-7-19)26(3,4)5)29(22)24(31)18-8-12-21(27)13-9-18/h6-13,17,22,25H,14-16H2,1-5H3,(H,28,30). The van der Waals surface area contributed by atoms with Gasteiger partial charge >= 0.3 is 0 Å². The van der Waals surface area contributed by atoms with Crippen LogP contribution in [0.25, 0.3) is 0 Å². The van der Waals surface area contributed by atoms with E-state index in [4.69, 9.17) is 0 Å². The predicted molar refractivity (Wildman–Crippen MR) is 129 cm³/mol. The molecular formula is C26H33FN2O2S. The number of halogens is 1. The summed E-state index contributed by atoms with van der Waals surface area (Å²) in [6.07, 6.45) is 0.884. The molecule has 0 radical (unpaired) electrons. The zero-order valence-electron chi connectivity index (χ0n) is 19.5. The first kappa shape index (κ1) is 24.3. The normalized spacial score (nSPS) is 18.8. The Morgan fingerprint density at radius 2 is 1.72 bits per heavy atom. The Morgan fingerprint density at radius 1 is 1.09 bits per heavy atom. The molecule has 0 saturated carbocycles. The maximum absolute atomic E-state index is 13.5. The van der Waals surface area contributed by atoms with Crippen LogP contribution < -0.4 is 5.32 Å². The van der Waals surface area contributed by atoms with Crippen molar-refractivity contribution in [3.8, 4) is 0 Å². The molecule has 6 heteroatoms. The number of amides is 2. The molecule has 0 bridgehead atoms. The Labute approximate surface area is 195 Å². The van der Waals surface area contributed by atoms with Crippen molar-refractivity contribution in [2.75, 3.05) is 12.3 Å². The highest BCUT2D eigenvalue weighted by atomic mass is 32.2. The van der Waals surface area contributed by atoms with Gasteiger partial charge in [-0.15, -0.1) is 11.8 Å². The number of carbonyl (C=O) groups is 2. The molecule has 1 fully saturated rings. The summed E-state index contributed by atoms with van der Waals surface area (Å²) in [6.45, 7) is 11.3. The third-order valence-electron chi connectivity index (χ3n) is 5.71. The highest BCUT2D eigenvalue weighted by Gasteiger charge is 2.42. The molecule has 2 unspecified atom stereocenters. The number of thioether (sulfide) groups is 1. The van der Waals surface area contributed by atoms with E-state index in [1.54, 1.807) is 16.7 Å². The number of hydrogen-bond donors (Lipinski definition) is 1. The first-order valence-electron chi connectivity index (χ1n) is 11.2. The van der Waals surface area contributed by atoms with Gasteiger partial charge in [-0.3, -0.25) is 9.59 Å². The first-order chi connectivity index (χ1) is 15.1. The van der Waals surface area contributed by atoms with Crippen molar-refractivity contribution in [1.29, 1.82) is 0 Å². The van der Waals surface area contributed by atoms with E-state index in [1.807, 2.05) is 12.1 Å². The lowest BCUT2D eigenvalue weighted by molar-refractivity contribution is -0.124. The zero-order chi connectivity index (χ0) is 23.5. The lowest BCUT2D eigenvalue weighted by atomic mass is 9.86. The molecule has 2 aromatic rings. The van der Waals surface area contributed by atoms with Gasteiger partial charge in [0, 0.05) is 17.9 Å². The molecule has 1 aliphatic rings. The van der Waals surface area contributed by atoms with Gasteiger partial charge in [-0.2, -0.15) is 0 Å². The van der Waals surface area contributed by atoms with E-state index in [9.17, 15) is 14.0 Å². The predicted octanol–water partition coefficient (Wildman–Crippen LogP) is 5.54. The fourth-order valence-corrected chi connectivity index (χ4v) is 5.13. The summed E-state index contributed by atoms with van der Waals surface area (Å²) in [5, 5.41) is 2.72. The number of carbonyl (C=O) groups excluding carboxylic acids is 2. The van der Waals surface area contributed by atoms with E-state index in [0.717, 1.165) is 12.0 Å². The number of nitrogens with one attached hydrogen (secondary N) is 1. The van der Waals surface area contributed by atoms with Gasteiger partial charge in [0.25, 0.3) is 5.91 Å². The Balaban J connectivity index is 1.89. The lowest BCUT2D eigenvalue weighted by Gasteiger charge is -2.30. The summed E-state index contributed by atoms with van der Waals surface area (Å²) in [7, 11) is 0. The molecule has 2 amide bonds. The lowest BCUT2D eigenvalue weighted by Crippen LogP contribution is -2.48. The topological polar surface area (TPSA) is 49.4 Å². The van der Waals surface area contributed by atoms with Crippen molar-refractivity contribution < 1.29 is 14.0 Å². The summed E-state index contributed by atoms with van der Waals surface area (Å²) < 4.78 is 13.4. The second kappa shape index (κ2) is 10.1. The van der Waals surface area contributed by atoms with Crippen LogP contribution in [0.2, 0.25) is 0 Å².